The van der Waals surface area contributed by atoms with Gasteiger partial charge >= 0.3 is 6.18 Å². The monoisotopic (exact) mass is 468 g/mol. The molecule has 0 radical (unpaired) electrons. The number of rotatable bonds is 6. The molecule has 1 heterocycles. The quantitative estimate of drug-likeness (QED) is 0.327. The Labute approximate surface area is 183 Å². The van der Waals surface area contributed by atoms with Gasteiger partial charge in [-0.1, -0.05) is 18.2 Å². The summed E-state index contributed by atoms with van der Waals surface area (Å²) in [6, 6.07) is 13.0. The summed E-state index contributed by atoms with van der Waals surface area (Å²) in [5, 5.41) is 5.63. The summed E-state index contributed by atoms with van der Waals surface area (Å²) < 4.78 is 50.9. The van der Waals surface area contributed by atoms with Crippen LogP contribution in [0.1, 0.15) is 25.6 Å². The van der Waals surface area contributed by atoms with Gasteiger partial charge in [0.2, 0.25) is 0 Å². The molecular weight excluding hydrogens is 452 g/mol. The number of anilines is 2. The second-order valence-corrected chi connectivity index (χ2v) is 8.51. The highest BCUT2D eigenvalue weighted by Gasteiger charge is 2.28. The molecule has 0 aliphatic rings. The first-order valence-electron chi connectivity index (χ1n) is 8.89. The fourth-order valence-corrected chi connectivity index (χ4v) is 4.35. The van der Waals surface area contributed by atoms with Gasteiger partial charge < -0.3 is 10.6 Å². The number of benzene rings is 2. The number of thiophene rings is 1. The third-order valence-corrected chi connectivity index (χ3v) is 6.26. The normalized spacial score (nSPS) is 11.3. The molecule has 0 fully saturated rings. The molecule has 3 aromatic rings. The standard InChI is InChI=1S/C21H16F4N2O2S2/c1-12-9-17(27-19(28)13-5-4-6-14(22)10-13)31-18(12)20(29)26-15-7-2-3-8-16(15)30-11-21(23,24)25/h2-10H,11H2,1H3,(H,26,29)(H,27,28). The van der Waals surface area contributed by atoms with Crippen molar-refractivity contribution in [2.45, 2.75) is 18.0 Å². The fourth-order valence-electron chi connectivity index (χ4n) is 2.62. The van der Waals surface area contributed by atoms with Gasteiger partial charge in [0.15, 0.2) is 0 Å². The number of hydrogen-bond acceptors (Lipinski definition) is 4. The van der Waals surface area contributed by atoms with Crippen molar-refractivity contribution in [2.75, 3.05) is 16.4 Å². The van der Waals surface area contributed by atoms with Crippen LogP contribution in [-0.2, 0) is 0 Å². The predicted molar refractivity (Wildman–Crippen MR) is 115 cm³/mol. The highest BCUT2D eigenvalue weighted by Crippen LogP contribution is 2.33. The van der Waals surface area contributed by atoms with E-state index in [0.717, 1.165) is 17.4 Å². The number of aryl methyl sites for hydroxylation is 1. The number of amides is 2. The number of hydrogen-bond donors (Lipinski definition) is 2. The van der Waals surface area contributed by atoms with Gasteiger partial charge in [0.25, 0.3) is 11.8 Å². The first-order chi connectivity index (χ1) is 14.6. The third-order valence-electron chi connectivity index (χ3n) is 3.97. The van der Waals surface area contributed by atoms with Gasteiger partial charge in [0.1, 0.15) is 5.82 Å². The highest BCUT2D eigenvalue weighted by atomic mass is 32.2. The largest absolute Gasteiger partial charge is 0.398 e. The zero-order valence-corrected chi connectivity index (χ0v) is 17.7. The molecule has 31 heavy (non-hydrogen) atoms. The van der Waals surface area contributed by atoms with Gasteiger partial charge in [-0.15, -0.1) is 23.1 Å². The average molecular weight is 468 g/mol. The minimum absolute atomic E-state index is 0.132. The molecule has 0 saturated heterocycles. The van der Waals surface area contributed by atoms with Crippen LogP contribution in [0, 0.1) is 12.7 Å². The summed E-state index contributed by atoms with van der Waals surface area (Å²) in [5.41, 5.74) is 0.977. The van der Waals surface area contributed by atoms with E-state index in [1.54, 1.807) is 25.1 Å². The fraction of sp³-hybridized carbons (Fsp3) is 0.143. The van der Waals surface area contributed by atoms with Gasteiger partial charge in [-0.05, 0) is 48.9 Å². The van der Waals surface area contributed by atoms with Crippen LogP contribution in [0.5, 0.6) is 0 Å². The van der Waals surface area contributed by atoms with Crippen molar-refractivity contribution in [3.05, 3.63) is 76.4 Å². The van der Waals surface area contributed by atoms with Crippen molar-refractivity contribution in [3.8, 4) is 0 Å². The Morgan fingerprint density at radius 2 is 1.74 bits per heavy atom. The van der Waals surface area contributed by atoms with E-state index in [0.29, 0.717) is 32.1 Å². The van der Waals surface area contributed by atoms with Crippen LogP contribution in [0.25, 0.3) is 0 Å². The van der Waals surface area contributed by atoms with Crippen LogP contribution in [0.2, 0.25) is 0 Å². The topological polar surface area (TPSA) is 58.2 Å². The Morgan fingerprint density at radius 3 is 2.45 bits per heavy atom. The lowest BCUT2D eigenvalue weighted by Gasteiger charge is -2.11. The van der Waals surface area contributed by atoms with Crippen molar-refractivity contribution < 1.29 is 27.2 Å². The zero-order valence-electron chi connectivity index (χ0n) is 16.0. The molecule has 0 spiro atoms. The number of thioether (sulfide) groups is 1. The highest BCUT2D eigenvalue weighted by molar-refractivity contribution is 7.99. The van der Waals surface area contributed by atoms with E-state index in [2.05, 4.69) is 10.6 Å². The molecule has 10 heteroatoms. The first kappa shape index (κ1) is 22.8. The van der Waals surface area contributed by atoms with Gasteiger partial charge in [-0.25, -0.2) is 4.39 Å². The Kier molecular flexibility index (Phi) is 7.01. The second-order valence-electron chi connectivity index (χ2n) is 6.44. The molecule has 162 valence electrons. The first-order valence-corrected chi connectivity index (χ1v) is 10.7. The summed E-state index contributed by atoms with van der Waals surface area (Å²) >= 11 is 1.60. The molecule has 2 N–H and O–H groups in total. The van der Waals surface area contributed by atoms with Crippen molar-refractivity contribution in [1.82, 2.24) is 0 Å². The number of carbonyl (C=O) groups is 2. The molecule has 0 saturated carbocycles. The number of halogens is 4. The molecule has 0 atom stereocenters. The van der Waals surface area contributed by atoms with E-state index in [4.69, 9.17) is 0 Å². The number of para-hydroxylation sites is 1. The molecule has 0 unspecified atom stereocenters. The van der Waals surface area contributed by atoms with Crippen molar-refractivity contribution in [1.29, 1.82) is 0 Å². The molecule has 4 nitrogen and oxygen atoms in total. The van der Waals surface area contributed by atoms with E-state index in [9.17, 15) is 27.2 Å². The number of alkyl halides is 3. The van der Waals surface area contributed by atoms with E-state index in [1.807, 2.05) is 0 Å². The van der Waals surface area contributed by atoms with E-state index >= 15 is 0 Å². The molecule has 0 aliphatic carbocycles. The van der Waals surface area contributed by atoms with Crippen LogP contribution in [0.3, 0.4) is 0 Å². The summed E-state index contributed by atoms with van der Waals surface area (Å²) in [7, 11) is 0. The Hall–Kier alpha value is -2.85. The van der Waals surface area contributed by atoms with Gasteiger partial charge in [-0.2, -0.15) is 13.2 Å². The smallest absolute Gasteiger partial charge is 0.320 e. The summed E-state index contributed by atoms with van der Waals surface area (Å²) in [6.45, 7) is 1.67. The number of carbonyl (C=O) groups excluding carboxylic acids is 2. The maximum atomic E-state index is 13.3. The third kappa shape index (κ3) is 6.31. The van der Waals surface area contributed by atoms with E-state index in [-0.39, 0.29) is 11.3 Å². The van der Waals surface area contributed by atoms with Crippen molar-refractivity contribution in [2.24, 2.45) is 0 Å². The minimum Gasteiger partial charge on any atom is -0.320 e. The summed E-state index contributed by atoms with van der Waals surface area (Å²) in [4.78, 5) is 25.6. The van der Waals surface area contributed by atoms with Gasteiger partial charge in [-0.3, -0.25) is 9.59 Å². The van der Waals surface area contributed by atoms with Crippen LogP contribution in [0.15, 0.2) is 59.5 Å². The van der Waals surface area contributed by atoms with Crippen LogP contribution in [0.4, 0.5) is 28.3 Å². The average Bonchev–Trinajstić information content (AvgIpc) is 3.07. The van der Waals surface area contributed by atoms with Gasteiger partial charge in [0.05, 0.1) is 21.3 Å². The zero-order chi connectivity index (χ0) is 22.6. The summed E-state index contributed by atoms with van der Waals surface area (Å²) in [6.07, 6.45) is -4.33. The molecule has 2 aromatic carbocycles. The van der Waals surface area contributed by atoms with E-state index in [1.165, 1.54) is 30.3 Å². The van der Waals surface area contributed by atoms with Crippen LogP contribution >= 0.6 is 23.1 Å². The van der Waals surface area contributed by atoms with E-state index < -0.39 is 29.6 Å². The molecule has 1 aromatic heterocycles. The minimum atomic E-state index is -4.33. The molecule has 2 amide bonds. The molecule has 0 bridgehead atoms. The Morgan fingerprint density at radius 1 is 1.00 bits per heavy atom. The summed E-state index contributed by atoms with van der Waals surface area (Å²) in [5.74, 6) is -2.65. The molecular formula is C21H16F4N2O2S2. The number of nitrogens with one attached hydrogen (secondary N) is 2. The second kappa shape index (κ2) is 9.52. The van der Waals surface area contributed by atoms with Crippen molar-refractivity contribution >= 4 is 45.6 Å². The van der Waals surface area contributed by atoms with Crippen molar-refractivity contribution in [3.63, 3.8) is 0 Å². The lowest BCUT2D eigenvalue weighted by molar-refractivity contribution is -0.105. The lowest BCUT2D eigenvalue weighted by Crippen LogP contribution is -2.13. The SMILES string of the molecule is Cc1cc(NC(=O)c2cccc(F)c2)sc1C(=O)Nc1ccccc1SCC(F)(F)F. The Balaban J connectivity index is 1.72. The predicted octanol–water partition coefficient (Wildman–Crippen LogP) is 6.35. The van der Waals surface area contributed by atoms with Crippen LogP contribution in [-0.4, -0.2) is 23.7 Å². The van der Waals surface area contributed by atoms with Crippen LogP contribution < -0.4 is 10.6 Å². The maximum Gasteiger partial charge on any atom is 0.398 e. The Bertz CT molecular complexity index is 1110. The molecule has 0 aliphatic heterocycles. The molecule has 3 rings (SSSR count). The van der Waals surface area contributed by atoms with Gasteiger partial charge in [0, 0.05) is 10.5 Å². The lowest BCUT2D eigenvalue weighted by atomic mass is 10.2. The maximum absolute atomic E-state index is 13.3.